The highest BCUT2D eigenvalue weighted by Gasteiger charge is 2.19. The highest BCUT2D eigenvalue weighted by molar-refractivity contribution is 5.76. The zero-order chi connectivity index (χ0) is 11.2. The number of hydrogen-bond acceptors (Lipinski definition) is 3. The van der Waals surface area contributed by atoms with Crippen molar-refractivity contribution in [1.29, 1.82) is 0 Å². The minimum absolute atomic E-state index is 0.354. The van der Waals surface area contributed by atoms with Crippen molar-refractivity contribution in [3.05, 3.63) is 0 Å². The molecule has 92 valence electrons. The minimum atomic E-state index is 0.354. The summed E-state index contributed by atoms with van der Waals surface area (Å²) in [5.41, 5.74) is 0. The molecule has 0 aliphatic carbocycles. The van der Waals surface area contributed by atoms with E-state index in [1.165, 1.54) is 12.8 Å². The van der Waals surface area contributed by atoms with Gasteiger partial charge >= 0.3 is 0 Å². The Bertz CT molecular complexity index is 220. The second kappa shape index (κ2) is 6.21. The summed E-state index contributed by atoms with van der Waals surface area (Å²) >= 11 is 0. The molecule has 1 unspecified atom stereocenters. The SMILES string of the molecule is O=C(CCC1CCCNC1)N1CCNCC1. The molecule has 0 spiro atoms. The van der Waals surface area contributed by atoms with E-state index in [0.29, 0.717) is 5.91 Å². The second-order valence-electron chi connectivity index (χ2n) is 4.88. The molecule has 1 amide bonds. The number of piperazine rings is 1. The predicted octanol–water partition coefficient (Wildman–Crippen LogP) is 0.198. The van der Waals surface area contributed by atoms with Crippen LogP contribution in [0.5, 0.6) is 0 Å². The topological polar surface area (TPSA) is 44.4 Å². The Morgan fingerprint density at radius 3 is 2.69 bits per heavy atom. The van der Waals surface area contributed by atoms with Gasteiger partial charge in [0, 0.05) is 32.6 Å². The number of carbonyl (C=O) groups excluding carboxylic acids is 1. The molecule has 2 heterocycles. The van der Waals surface area contributed by atoms with Gasteiger partial charge in [-0.05, 0) is 38.3 Å². The van der Waals surface area contributed by atoms with E-state index >= 15 is 0 Å². The first-order valence-electron chi connectivity index (χ1n) is 6.55. The van der Waals surface area contributed by atoms with E-state index in [4.69, 9.17) is 0 Å². The van der Waals surface area contributed by atoms with Crippen LogP contribution in [0.25, 0.3) is 0 Å². The first-order valence-corrected chi connectivity index (χ1v) is 6.55. The van der Waals surface area contributed by atoms with Crippen molar-refractivity contribution in [3.63, 3.8) is 0 Å². The molecular weight excluding hydrogens is 202 g/mol. The van der Waals surface area contributed by atoms with Gasteiger partial charge in [0.15, 0.2) is 0 Å². The largest absolute Gasteiger partial charge is 0.340 e. The van der Waals surface area contributed by atoms with Crippen molar-refractivity contribution in [2.75, 3.05) is 39.3 Å². The summed E-state index contributed by atoms with van der Waals surface area (Å²) in [5, 5.41) is 6.67. The molecule has 0 aromatic rings. The van der Waals surface area contributed by atoms with Crippen LogP contribution < -0.4 is 10.6 Å². The molecule has 4 nitrogen and oxygen atoms in total. The van der Waals surface area contributed by atoms with Crippen molar-refractivity contribution < 1.29 is 4.79 Å². The van der Waals surface area contributed by atoms with Crippen molar-refractivity contribution in [2.24, 2.45) is 5.92 Å². The van der Waals surface area contributed by atoms with Crippen LogP contribution in [0, 0.1) is 5.92 Å². The summed E-state index contributed by atoms with van der Waals surface area (Å²) < 4.78 is 0. The van der Waals surface area contributed by atoms with Crippen molar-refractivity contribution in [2.45, 2.75) is 25.7 Å². The van der Waals surface area contributed by atoms with Gasteiger partial charge in [0.1, 0.15) is 0 Å². The molecule has 0 radical (unpaired) electrons. The lowest BCUT2D eigenvalue weighted by Gasteiger charge is -2.28. The van der Waals surface area contributed by atoms with Crippen LogP contribution >= 0.6 is 0 Å². The van der Waals surface area contributed by atoms with Gasteiger partial charge in [-0.1, -0.05) is 0 Å². The molecule has 2 rings (SSSR count). The lowest BCUT2D eigenvalue weighted by molar-refractivity contribution is -0.132. The number of piperidine rings is 1. The van der Waals surface area contributed by atoms with Gasteiger partial charge < -0.3 is 15.5 Å². The Labute approximate surface area is 97.8 Å². The summed E-state index contributed by atoms with van der Waals surface area (Å²) in [4.78, 5) is 13.9. The van der Waals surface area contributed by atoms with E-state index in [1.54, 1.807) is 0 Å². The van der Waals surface area contributed by atoms with Crippen LogP contribution in [0.2, 0.25) is 0 Å². The molecule has 4 heteroatoms. The summed E-state index contributed by atoms with van der Waals surface area (Å²) in [5.74, 6) is 1.08. The quantitative estimate of drug-likeness (QED) is 0.721. The number of carbonyl (C=O) groups is 1. The van der Waals surface area contributed by atoms with E-state index < -0.39 is 0 Å². The van der Waals surface area contributed by atoms with Gasteiger partial charge in [-0.15, -0.1) is 0 Å². The molecule has 0 aromatic carbocycles. The third-order valence-electron chi connectivity index (χ3n) is 3.64. The summed E-state index contributed by atoms with van der Waals surface area (Å²) in [7, 11) is 0. The number of rotatable bonds is 3. The van der Waals surface area contributed by atoms with Crippen LogP contribution in [0.4, 0.5) is 0 Å². The lowest BCUT2D eigenvalue weighted by atomic mass is 9.94. The van der Waals surface area contributed by atoms with Crippen LogP contribution in [0.1, 0.15) is 25.7 Å². The Balaban J connectivity index is 1.65. The Morgan fingerprint density at radius 2 is 2.00 bits per heavy atom. The summed E-state index contributed by atoms with van der Waals surface area (Å²) in [6.45, 7) is 5.95. The average molecular weight is 225 g/mol. The zero-order valence-electron chi connectivity index (χ0n) is 10.0. The van der Waals surface area contributed by atoms with Crippen molar-refractivity contribution in [3.8, 4) is 0 Å². The molecule has 2 aliphatic heterocycles. The normalized spacial score (nSPS) is 26.8. The van der Waals surface area contributed by atoms with Gasteiger partial charge in [0.05, 0.1) is 0 Å². The fourth-order valence-electron chi connectivity index (χ4n) is 2.57. The molecule has 1 atom stereocenters. The van der Waals surface area contributed by atoms with Crippen LogP contribution in [0.15, 0.2) is 0 Å². The van der Waals surface area contributed by atoms with Crippen LogP contribution in [-0.4, -0.2) is 50.1 Å². The first kappa shape index (κ1) is 11.9. The maximum absolute atomic E-state index is 11.9. The van der Waals surface area contributed by atoms with Crippen molar-refractivity contribution >= 4 is 5.91 Å². The molecular formula is C12H23N3O. The second-order valence-corrected chi connectivity index (χ2v) is 4.88. The number of hydrogen-bond donors (Lipinski definition) is 2. The van der Waals surface area contributed by atoms with E-state index in [2.05, 4.69) is 10.6 Å². The number of nitrogens with zero attached hydrogens (tertiary/aromatic N) is 1. The molecule has 2 fully saturated rings. The molecule has 2 N–H and O–H groups in total. The van der Waals surface area contributed by atoms with Gasteiger partial charge in [-0.3, -0.25) is 4.79 Å². The van der Waals surface area contributed by atoms with Gasteiger partial charge in [-0.25, -0.2) is 0 Å². The molecule has 0 bridgehead atoms. The van der Waals surface area contributed by atoms with E-state index in [-0.39, 0.29) is 0 Å². The highest BCUT2D eigenvalue weighted by atomic mass is 16.2. The first-order chi connectivity index (χ1) is 7.86. The van der Waals surface area contributed by atoms with E-state index in [9.17, 15) is 4.79 Å². The zero-order valence-corrected chi connectivity index (χ0v) is 10.0. The molecule has 2 aliphatic rings. The minimum Gasteiger partial charge on any atom is -0.340 e. The fraction of sp³-hybridized carbons (Fsp3) is 0.917. The fourth-order valence-corrected chi connectivity index (χ4v) is 2.57. The molecule has 0 saturated carbocycles. The lowest BCUT2D eigenvalue weighted by Crippen LogP contribution is -2.46. The van der Waals surface area contributed by atoms with Gasteiger partial charge in [0.2, 0.25) is 5.91 Å². The van der Waals surface area contributed by atoms with E-state index in [1.807, 2.05) is 4.90 Å². The van der Waals surface area contributed by atoms with Gasteiger partial charge in [0.25, 0.3) is 0 Å². The smallest absolute Gasteiger partial charge is 0.222 e. The van der Waals surface area contributed by atoms with Crippen LogP contribution in [0.3, 0.4) is 0 Å². The predicted molar refractivity (Wildman–Crippen MR) is 64.3 cm³/mol. The van der Waals surface area contributed by atoms with Crippen molar-refractivity contribution in [1.82, 2.24) is 15.5 Å². The average Bonchev–Trinajstić information content (AvgIpc) is 2.38. The standard InChI is InChI=1S/C12H23N3O/c16-12(15-8-6-13-7-9-15)4-3-11-2-1-5-14-10-11/h11,13-14H,1-10H2. The Kier molecular flexibility index (Phi) is 4.60. The summed E-state index contributed by atoms with van der Waals surface area (Å²) in [6.07, 6.45) is 4.37. The summed E-state index contributed by atoms with van der Waals surface area (Å²) in [6, 6.07) is 0. The van der Waals surface area contributed by atoms with E-state index in [0.717, 1.165) is 58.0 Å². The monoisotopic (exact) mass is 225 g/mol. The highest BCUT2D eigenvalue weighted by Crippen LogP contribution is 2.16. The molecule has 2 saturated heterocycles. The maximum Gasteiger partial charge on any atom is 0.222 e. The third-order valence-corrected chi connectivity index (χ3v) is 3.64. The Morgan fingerprint density at radius 1 is 1.19 bits per heavy atom. The molecule has 0 aromatic heterocycles. The third kappa shape index (κ3) is 3.46. The maximum atomic E-state index is 11.9. The number of nitrogens with one attached hydrogen (secondary N) is 2. The number of amides is 1. The Hall–Kier alpha value is -0.610. The van der Waals surface area contributed by atoms with Crippen LogP contribution in [-0.2, 0) is 4.79 Å². The molecule has 16 heavy (non-hydrogen) atoms. The van der Waals surface area contributed by atoms with Gasteiger partial charge in [-0.2, -0.15) is 0 Å².